The molecule has 10 heavy (non-hydrogen) atoms. The fraction of sp³-hybridized carbons (Fsp3) is 0.125. The van der Waals surface area contributed by atoms with Gasteiger partial charge in [-0.3, -0.25) is 0 Å². The molecule has 2 nitrogen and oxygen atoms in total. The standard InChI is InChI=1S/C8H8N2/c1-7-4-3-5-8(6-7)10-9-2/h2-6H,1H3. The number of aryl methyl sites for hydroxylation is 1. The molecule has 0 heterocycles. The Bertz CT molecular complexity index is 272. The van der Waals surface area contributed by atoms with Crippen LogP contribution in [0.4, 0.5) is 5.69 Å². The third-order valence-electron chi connectivity index (χ3n) is 1.17. The summed E-state index contributed by atoms with van der Waals surface area (Å²) in [4.78, 5) is 3.17. The summed E-state index contributed by atoms with van der Waals surface area (Å²) in [5.74, 6) is 0. The van der Waals surface area contributed by atoms with Crippen LogP contribution in [0.15, 0.2) is 29.4 Å². The van der Waals surface area contributed by atoms with Gasteiger partial charge in [-0.1, -0.05) is 12.1 Å². The van der Waals surface area contributed by atoms with Crippen molar-refractivity contribution in [2.24, 2.45) is 5.11 Å². The van der Waals surface area contributed by atoms with Gasteiger partial charge in [0, 0.05) is 0 Å². The lowest BCUT2D eigenvalue weighted by Gasteiger charge is -1.87. The maximum atomic E-state index is 4.87. The van der Waals surface area contributed by atoms with E-state index in [1.54, 1.807) is 0 Å². The predicted molar refractivity (Wildman–Crippen MR) is 39.6 cm³/mol. The van der Waals surface area contributed by atoms with Crippen molar-refractivity contribution in [3.8, 4) is 0 Å². The summed E-state index contributed by atoms with van der Waals surface area (Å²) in [6.45, 7) is 6.86. The minimum atomic E-state index is 0.794. The summed E-state index contributed by atoms with van der Waals surface area (Å²) >= 11 is 0. The second-order valence-electron chi connectivity index (χ2n) is 2.05. The van der Waals surface area contributed by atoms with Crippen molar-refractivity contribution in [1.82, 2.24) is 0 Å². The van der Waals surface area contributed by atoms with Gasteiger partial charge in [-0.05, 0) is 31.3 Å². The van der Waals surface area contributed by atoms with E-state index in [0.29, 0.717) is 0 Å². The Hall–Kier alpha value is -1.40. The predicted octanol–water partition coefficient (Wildman–Crippen LogP) is 1.86. The fourth-order valence-corrected chi connectivity index (χ4v) is 0.757. The average Bonchev–Trinajstić information content (AvgIpc) is 1.88. The lowest BCUT2D eigenvalue weighted by Crippen LogP contribution is -1.68. The monoisotopic (exact) mass is 132 g/mol. The van der Waals surface area contributed by atoms with Crippen LogP contribution < -0.4 is 0 Å². The molecule has 1 aromatic rings. The summed E-state index contributed by atoms with van der Waals surface area (Å²) in [6.07, 6.45) is 0. The van der Waals surface area contributed by atoms with Crippen molar-refractivity contribution < 1.29 is 4.79 Å². The lowest BCUT2D eigenvalue weighted by atomic mass is 10.2. The Morgan fingerprint density at radius 2 is 2.30 bits per heavy atom. The molecular weight excluding hydrogens is 124 g/mol. The number of hydrogen-bond acceptors (Lipinski definition) is 1. The summed E-state index contributed by atoms with van der Waals surface area (Å²) in [5.41, 5.74) is 1.95. The van der Waals surface area contributed by atoms with Crippen molar-refractivity contribution in [3.05, 3.63) is 29.8 Å². The smallest absolute Gasteiger partial charge is 0.145 e. The molecule has 0 radical (unpaired) electrons. The van der Waals surface area contributed by atoms with Crippen LogP contribution in [0.3, 0.4) is 0 Å². The summed E-state index contributed by atoms with van der Waals surface area (Å²) < 4.78 is 0. The minimum absolute atomic E-state index is 0.794. The third kappa shape index (κ3) is 1.54. The Balaban J connectivity index is 3.06. The minimum Gasteiger partial charge on any atom is -0.161 e. The van der Waals surface area contributed by atoms with Gasteiger partial charge in [0.1, 0.15) is 5.69 Å². The zero-order valence-corrected chi connectivity index (χ0v) is 5.78. The molecule has 0 N–H and O–H groups in total. The molecule has 0 saturated carbocycles. The highest BCUT2D eigenvalue weighted by Crippen LogP contribution is 2.11. The van der Waals surface area contributed by atoms with E-state index in [0.717, 1.165) is 11.3 Å². The molecule has 0 fully saturated rings. The molecule has 1 aromatic carbocycles. The first-order chi connectivity index (χ1) is 4.83. The van der Waals surface area contributed by atoms with Gasteiger partial charge in [0.25, 0.3) is 0 Å². The number of hydrogen-bond donors (Lipinski definition) is 0. The van der Waals surface area contributed by atoms with Crippen molar-refractivity contribution in [1.29, 1.82) is 0 Å². The highest BCUT2D eigenvalue weighted by molar-refractivity contribution is 5.38. The first kappa shape index (κ1) is 6.72. The SMILES string of the molecule is [CH-]=[N+]=Nc1cccc(C)c1. The molecule has 0 aromatic heterocycles. The van der Waals surface area contributed by atoms with E-state index in [2.05, 4.69) is 9.90 Å². The molecule has 0 spiro atoms. The van der Waals surface area contributed by atoms with E-state index in [-0.39, 0.29) is 0 Å². The van der Waals surface area contributed by atoms with Crippen LogP contribution in [0.1, 0.15) is 5.56 Å². The first-order valence-electron chi connectivity index (χ1n) is 3.00. The van der Waals surface area contributed by atoms with Crippen LogP contribution in [0.2, 0.25) is 0 Å². The number of benzene rings is 1. The molecule has 0 aliphatic heterocycles. The highest BCUT2D eigenvalue weighted by Gasteiger charge is 1.90. The van der Waals surface area contributed by atoms with E-state index in [4.69, 9.17) is 6.72 Å². The maximum absolute atomic E-state index is 4.87. The zero-order valence-electron chi connectivity index (χ0n) is 5.78. The van der Waals surface area contributed by atoms with Crippen molar-refractivity contribution in [2.75, 3.05) is 0 Å². The van der Waals surface area contributed by atoms with Gasteiger partial charge < -0.3 is 0 Å². The van der Waals surface area contributed by atoms with Gasteiger partial charge in [-0.25, -0.2) is 0 Å². The largest absolute Gasteiger partial charge is 0.161 e. The quantitative estimate of drug-likeness (QED) is 0.241. The summed E-state index contributed by atoms with van der Waals surface area (Å²) in [5, 5.41) is 3.67. The molecule has 0 atom stereocenters. The van der Waals surface area contributed by atoms with Gasteiger partial charge in [0.05, 0.1) is 5.11 Å². The van der Waals surface area contributed by atoms with Crippen LogP contribution in [-0.4, -0.2) is 11.5 Å². The van der Waals surface area contributed by atoms with E-state index in [1.165, 1.54) is 0 Å². The van der Waals surface area contributed by atoms with E-state index >= 15 is 0 Å². The normalized spacial score (nSPS) is 8.50. The van der Waals surface area contributed by atoms with Crippen LogP contribution in [0, 0.1) is 6.92 Å². The molecule has 2 heteroatoms. The molecule has 0 unspecified atom stereocenters. The summed E-state index contributed by atoms with van der Waals surface area (Å²) in [7, 11) is 0. The lowest BCUT2D eigenvalue weighted by molar-refractivity contribution is -0.0631. The molecule has 0 amide bonds. The molecular formula is C8H8N2. The van der Waals surface area contributed by atoms with E-state index < -0.39 is 0 Å². The Morgan fingerprint density at radius 1 is 1.50 bits per heavy atom. The molecule has 50 valence electrons. The van der Waals surface area contributed by atoms with Crippen molar-refractivity contribution >= 4 is 12.4 Å². The van der Waals surface area contributed by atoms with Gasteiger partial charge in [0.2, 0.25) is 0 Å². The van der Waals surface area contributed by atoms with Crippen LogP contribution in [0.25, 0.3) is 0 Å². The highest BCUT2D eigenvalue weighted by atomic mass is 15.0. The second kappa shape index (κ2) is 2.95. The Kier molecular flexibility index (Phi) is 1.98. The van der Waals surface area contributed by atoms with Crippen LogP contribution >= 0.6 is 0 Å². The molecule has 0 aliphatic carbocycles. The van der Waals surface area contributed by atoms with Crippen molar-refractivity contribution in [2.45, 2.75) is 6.92 Å². The maximum Gasteiger partial charge on any atom is 0.145 e. The van der Waals surface area contributed by atoms with Gasteiger partial charge in [-0.2, -0.15) is 4.79 Å². The topological polar surface area (TPSA) is 26.5 Å². The van der Waals surface area contributed by atoms with E-state index in [9.17, 15) is 0 Å². The molecule has 1 rings (SSSR count). The molecule has 0 bridgehead atoms. The molecule has 0 saturated heterocycles. The number of nitrogens with zero attached hydrogens (tertiary/aromatic N) is 2. The van der Waals surface area contributed by atoms with Crippen molar-refractivity contribution in [3.63, 3.8) is 0 Å². The van der Waals surface area contributed by atoms with Crippen LogP contribution in [-0.2, 0) is 0 Å². The third-order valence-corrected chi connectivity index (χ3v) is 1.17. The first-order valence-corrected chi connectivity index (χ1v) is 3.00. The van der Waals surface area contributed by atoms with Crippen LogP contribution in [0.5, 0.6) is 0 Å². The Labute approximate surface area is 60.0 Å². The van der Waals surface area contributed by atoms with Gasteiger partial charge in [0.15, 0.2) is 0 Å². The molecule has 0 aliphatic rings. The summed E-state index contributed by atoms with van der Waals surface area (Å²) in [6, 6.07) is 7.68. The van der Waals surface area contributed by atoms with Gasteiger partial charge >= 0.3 is 0 Å². The Morgan fingerprint density at radius 3 is 2.90 bits per heavy atom. The number of rotatable bonds is 1. The fourth-order valence-electron chi connectivity index (χ4n) is 0.757. The zero-order chi connectivity index (χ0) is 7.40. The van der Waals surface area contributed by atoms with Gasteiger partial charge in [-0.15, -0.1) is 0 Å². The second-order valence-corrected chi connectivity index (χ2v) is 2.05. The average molecular weight is 132 g/mol. The van der Waals surface area contributed by atoms with E-state index in [1.807, 2.05) is 31.2 Å².